The van der Waals surface area contributed by atoms with E-state index in [1.54, 1.807) is 0 Å². The number of carbonyl (C=O) groups is 2. The maximum Gasteiger partial charge on any atom is 0.243 e. The van der Waals surface area contributed by atoms with Crippen molar-refractivity contribution in [1.29, 1.82) is 0 Å². The quantitative estimate of drug-likeness (QED) is 0.313. The number of nitrogens with one attached hydrogen (secondary N) is 1. The minimum absolute atomic E-state index is 0.0120. The van der Waals surface area contributed by atoms with Crippen molar-refractivity contribution in [2.75, 3.05) is 0 Å². The molecule has 0 unspecified atom stereocenters. The summed E-state index contributed by atoms with van der Waals surface area (Å²) >= 11 is 0. The SMILES string of the molecule is Cc1ccc(CN(C(=O)CCc2ccc(C(C)(C)C)cc2)[C@@H](Cc2ccccc2)C(=O)NC2CCCC2)cc1. The Kier molecular flexibility index (Phi) is 9.61. The lowest BCUT2D eigenvalue weighted by atomic mass is 9.86. The average Bonchev–Trinajstić information content (AvgIpc) is 3.43. The molecule has 1 N–H and O–H groups in total. The smallest absolute Gasteiger partial charge is 0.243 e. The van der Waals surface area contributed by atoms with Crippen molar-refractivity contribution in [1.82, 2.24) is 10.2 Å². The van der Waals surface area contributed by atoms with Gasteiger partial charge in [-0.2, -0.15) is 0 Å². The van der Waals surface area contributed by atoms with Gasteiger partial charge in [-0.25, -0.2) is 0 Å². The first kappa shape index (κ1) is 28.6. The van der Waals surface area contributed by atoms with E-state index in [-0.39, 0.29) is 23.3 Å². The highest BCUT2D eigenvalue weighted by Crippen LogP contribution is 2.24. The predicted molar refractivity (Wildman–Crippen MR) is 160 cm³/mol. The maximum absolute atomic E-state index is 13.9. The van der Waals surface area contributed by atoms with Gasteiger partial charge in [-0.1, -0.05) is 118 Å². The topological polar surface area (TPSA) is 49.4 Å². The fourth-order valence-corrected chi connectivity index (χ4v) is 5.38. The van der Waals surface area contributed by atoms with Crippen LogP contribution in [0.5, 0.6) is 0 Å². The van der Waals surface area contributed by atoms with Crippen LogP contribution in [0.25, 0.3) is 0 Å². The monoisotopic (exact) mass is 524 g/mol. The number of carbonyl (C=O) groups excluding carboxylic acids is 2. The highest BCUT2D eigenvalue weighted by Gasteiger charge is 2.32. The van der Waals surface area contributed by atoms with Gasteiger partial charge in [0, 0.05) is 25.4 Å². The first-order chi connectivity index (χ1) is 18.7. The Labute approximate surface area is 234 Å². The lowest BCUT2D eigenvalue weighted by Gasteiger charge is -2.32. The van der Waals surface area contributed by atoms with Crippen molar-refractivity contribution in [3.8, 4) is 0 Å². The Morgan fingerprint density at radius 2 is 1.46 bits per heavy atom. The molecular weight excluding hydrogens is 480 g/mol. The van der Waals surface area contributed by atoms with Crippen LogP contribution in [-0.2, 0) is 34.4 Å². The minimum Gasteiger partial charge on any atom is -0.352 e. The molecule has 3 aromatic rings. The summed E-state index contributed by atoms with van der Waals surface area (Å²) in [5.41, 5.74) is 5.79. The van der Waals surface area contributed by atoms with Gasteiger partial charge in [0.15, 0.2) is 0 Å². The van der Waals surface area contributed by atoms with E-state index in [2.05, 4.69) is 81.5 Å². The van der Waals surface area contributed by atoms with Crippen LogP contribution in [0.4, 0.5) is 0 Å². The number of hydrogen-bond donors (Lipinski definition) is 1. The zero-order valence-corrected chi connectivity index (χ0v) is 24.1. The molecule has 4 nitrogen and oxygen atoms in total. The zero-order valence-electron chi connectivity index (χ0n) is 24.1. The van der Waals surface area contributed by atoms with Crippen LogP contribution in [0.3, 0.4) is 0 Å². The number of rotatable bonds is 10. The first-order valence-electron chi connectivity index (χ1n) is 14.5. The summed E-state index contributed by atoms with van der Waals surface area (Å²) in [5, 5.41) is 3.29. The molecule has 3 aromatic carbocycles. The lowest BCUT2D eigenvalue weighted by molar-refractivity contribution is -0.141. The molecule has 0 aromatic heterocycles. The van der Waals surface area contributed by atoms with E-state index in [0.717, 1.165) is 42.4 Å². The number of nitrogens with zero attached hydrogens (tertiary/aromatic N) is 1. The third-order valence-corrected chi connectivity index (χ3v) is 7.89. The summed E-state index contributed by atoms with van der Waals surface area (Å²) < 4.78 is 0. The molecule has 0 bridgehead atoms. The van der Waals surface area contributed by atoms with Gasteiger partial charge in [0.2, 0.25) is 11.8 Å². The molecule has 2 amide bonds. The zero-order chi connectivity index (χ0) is 27.8. The molecule has 39 heavy (non-hydrogen) atoms. The summed E-state index contributed by atoms with van der Waals surface area (Å²) in [6.45, 7) is 9.09. The van der Waals surface area contributed by atoms with Crippen molar-refractivity contribution in [3.63, 3.8) is 0 Å². The van der Waals surface area contributed by atoms with Gasteiger partial charge >= 0.3 is 0 Å². The number of amides is 2. The van der Waals surface area contributed by atoms with Crippen molar-refractivity contribution >= 4 is 11.8 Å². The molecule has 0 radical (unpaired) electrons. The van der Waals surface area contributed by atoms with Crippen molar-refractivity contribution in [2.24, 2.45) is 0 Å². The highest BCUT2D eigenvalue weighted by molar-refractivity contribution is 5.88. The predicted octanol–water partition coefficient (Wildman–Crippen LogP) is 6.92. The van der Waals surface area contributed by atoms with Crippen molar-refractivity contribution in [3.05, 3.63) is 107 Å². The summed E-state index contributed by atoms with van der Waals surface area (Å²) in [6, 6.07) is 26.6. The fourth-order valence-electron chi connectivity index (χ4n) is 5.38. The highest BCUT2D eigenvalue weighted by atomic mass is 16.2. The molecule has 1 saturated carbocycles. The Morgan fingerprint density at radius 1 is 0.846 bits per heavy atom. The van der Waals surface area contributed by atoms with E-state index >= 15 is 0 Å². The van der Waals surface area contributed by atoms with Crippen LogP contribution in [0.15, 0.2) is 78.9 Å². The lowest BCUT2D eigenvalue weighted by Crippen LogP contribution is -2.52. The van der Waals surface area contributed by atoms with Gasteiger partial charge < -0.3 is 10.2 Å². The largest absolute Gasteiger partial charge is 0.352 e. The summed E-state index contributed by atoms with van der Waals surface area (Å²) in [7, 11) is 0. The summed E-state index contributed by atoms with van der Waals surface area (Å²) in [4.78, 5) is 29.6. The number of benzene rings is 3. The van der Waals surface area contributed by atoms with Crippen LogP contribution in [0.2, 0.25) is 0 Å². The second-order valence-corrected chi connectivity index (χ2v) is 12.1. The molecule has 0 aliphatic heterocycles. The van der Waals surface area contributed by atoms with Gasteiger partial charge in [0.05, 0.1) is 0 Å². The van der Waals surface area contributed by atoms with Crippen molar-refractivity contribution < 1.29 is 9.59 Å². The van der Waals surface area contributed by atoms with E-state index in [4.69, 9.17) is 0 Å². The van der Waals surface area contributed by atoms with Crippen LogP contribution in [0, 0.1) is 6.92 Å². The Hall–Kier alpha value is -3.40. The molecule has 0 heterocycles. The second-order valence-electron chi connectivity index (χ2n) is 12.1. The first-order valence-corrected chi connectivity index (χ1v) is 14.5. The Bertz CT molecular complexity index is 1200. The molecule has 4 heteroatoms. The second kappa shape index (κ2) is 13.1. The molecule has 4 rings (SSSR count). The number of hydrogen-bond acceptors (Lipinski definition) is 2. The molecular formula is C35H44N2O2. The van der Waals surface area contributed by atoms with E-state index in [1.807, 2.05) is 35.2 Å². The van der Waals surface area contributed by atoms with Crippen LogP contribution in [-0.4, -0.2) is 28.8 Å². The Morgan fingerprint density at radius 3 is 2.08 bits per heavy atom. The van der Waals surface area contributed by atoms with Crippen LogP contribution >= 0.6 is 0 Å². The van der Waals surface area contributed by atoms with Crippen LogP contribution in [0.1, 0.15) is 80.7 Å². The van der Waals surface area contributed by atoms with Crippen molar-refractivity contribution in [2.45, 2.75) is 96.7 Å². The van der Waals surface area contributed by atoms with Gasteiger partial charge in [0.1, 0.15) is 6.04 Å². The van der Waals surface area contributed by atoms with Gasteiger partial charge in [-0.15, -0.1) is 0 Å². The van der Waals surface area contributed by atoms with Gasteiger partial charge in [-0.3, -0.25) is 9.59 Å². The third-order valence-electron chi connectivity index (χ3n) is 7.89. The van der Waals surface area contributed by atoms with Crippen LogP contribution < -0.4 is 5.32 Å². The van der Waals surface area contributed by atoms with Gasteiger partial charge in [-0.05, 0) is 53.9 Å². The summed E-state index contributed by atoms with van der Waals surface area (Å²) in [5.74, 6) is -0.0290. The standard InChI is InChI=1S/C35H44N2O2/c1-26-14-16-29(17-15-26)25-37(33(38)23-20-27-18-21-30(22-19-27)35(2,3)4)32(24-28-10-6-5-7-11-28)34(39)36-31-12-8-9-13-31/h5-7,10-11,14-19,21-22,31-32H,8-9,12-13,20,23-25H2,1-4H3,(H,36,39)/t32-/m0/s1. The number of aryl methyl sites for hydroxylation is 2. The molecule has 0 saturated heterocycles. The van der Waals surface area contributed by atoms with E-state index in [1.165, 1.54) is 11.1 Å². The Balaban J connectivity index is 1.58. The maximum atomic E-state index is 13.9. The fraction of sp³-hybridized carbons (Fsp3) is 0.429. The summed E-state index contributed by atoms with van der Waals surface area (Å²) in [6.07, 6.45) is 5.83. The van der Waals surface area contributed by atoms with E-state index in [0.29, 0.717) is 25.8 Å². The molecule has 1 aliphatic rings. The molecule has 1 fully saturated rings. The minimum atomic E-state index is -0.565. The average molecular weight is 525 g/mol. The van der Waals surface area contributed by atoms with E-state index < -0.39 is 6.04 Å². The van der Waals surface area contributed by atoms with E-state index in [9.17, 15) is 9.59 Å². The molecule has 0 spiro atoms. The third kappa shape index (κ3) is 8.29. The molecule has 1 atom stereocenters. The van der Waals surface area contributed by atoms with Gasteiger partial charge in [0.25, 0.3) is 0 Å². The molecule has 206 valence electrons. The normalized spacial score (nSPS) is 14.7. The molecule has 1 aliphatic carbocycles.